The number of nitrogen functional groups attached to an aromatic ring is 1. The predicted octanol–water partition coefficient (Wildman–Crippen LogP) is 5.87. The lowest BCUT2D eigenvalue weighted by molar-refractivity contribution is -0.389. The van der Waals surface area contributed by atoms with E-state index in [1.165, 1.54) is 32.1 Å². The molecule has 4 nitrogen and oxygen atoms in total. The lowest BCUT2D eigenvalue weighted by atomic mass is 9.90. The van der Waals surface area contributed by atoms with Crippen LogP contribution in [0, 0.1) is 0 Å². The predicted molar refractivity (Wildman–Crippen MR) is 109 cm³/mol. The van der Waals surface area contributed by atoms with Gasteiger partial charge in [-0.1, -0.05) is 57.6 Å². The van der Waals surface area contributed by atoms with Crippen molar-refractivity contribution in [3.05, 3.63) is 29.8 Å². The Balaban J connectivity index is 2.99. The van der Waals surface area contributed by atoms with E-state index in [1.807, 2.05) is 39.0 Å². The van der Waals surface area contributed by atoms with Crippen LogP contribution in [0.25, 0.3) is 0 Å². The Morgan fingerprint density at radius 3 is 1.96 bits per heavy atom. The molecule has 1 aromatic carbocycles. The van der Waals surface area contributed by atoms with Gasteiger partial charge in [0.25, 0.3) is 5.97 Å². The molecular weight excluding hydrogens is 326 g/mol. The lowest BCUT2D eigenvalue weighted by Crippen LogP contribution is -2.45. The fourth-order valence-corrected chi connectivity index (χ4v) is 3.48. The molecule has 0 heterocycles. The van der Waals surface area contributed by atoms with E-state index in [4.69, 9.17) is 19.9 Å². The second-order valence-corrected chi connectivity index (χ2v) is 6.68. The Kier molecular flexibility index (Phi) is 11.6. The average molecular weight is 366 g/mol. The van der Waals surface area contributed by atoms with Gasteiger partial charge < -0.3 is 19.9 Å². The first kappa shape index (κ1) is 22.9. The molecule has 0 bridgehead atoms. The summed E-state index contributed by atoms with van der Waals surface area (Å²) in [5.74, 6) is -1.05. The summed E-state index contributed by atoms with van der Waals surface area (Å²) >= 11 is 0. The minimum Gasteiger partial charge on any atom is -0.399 e. The Morgan fingerprint density at radius 1 is 0.846 bits per heavy atom. The molecule has 0 fully saturated rings. The number of unbranched alkanes of at least 4 members (excludes halogenated alkanes) is 5. The maximum Gasteiger partial charge on any atom is 0.290 e. The topological polar surface area (TPSA) is 53.7 Å². The Hall–Kier alpha value is -1.10. The largest absolute Gasteiger partial charge is 0.399 e. The third-order valence-electron chi connectivity index (χ3n) is 4.62. The van der Waals surface area contributed by atoms with E-state index in [9.17, 15) is 0 Å². The summed E-state index contributed by atoms with van der Waals surface area (Å²) in [5, 5.41) is 0. The van der Waals surface area contributed by atoms with Crippen molar-refractivity contribution in [1.82, 2.24) is 0 Å². The van der Waals surface area contributed by atoms with Crippen molar-refractivity contribution in [3.8, 4) is 0 Å². The molecule has 1 unspecified atom stereocenters. The van der Waals surface area contributed by atoms with Gasteiger partial charge in [0.05, 0.1) is 5.92 Å². The summed E-state index contributed by atoms with van der Waals surface area (Å²) < 4.78 is 18.2. The van der Waals surface area contributed by atoms with Crippen LogP contribution in [0.1, 0.15) is 84.1 Å². The molecule has 0 aliphatic rings. The molecule has 0 radical (unpaired) electrons. The van der Waals surface area contributed by atoms with Gasteiger partial charge in [-0.3, -0.25) is 0 Å². The Morgan fingerprint density at radius 2 is 1.42 bits per heavy atom. The van der Waals surface area contributed by atoms with Crippen molar-refractivity contribution < 1.29 is 14.2 Å². The fourth-order valence-electron chi connectivity index (χ4n) is 3.48. The second-order valence-electron chi connectivity index (χ2n) is 6.68. The number of nitrogens with two attached hydrogens (primary N) is 1. The summed E-state index contributed by atoms with van der Waals surface area (Å²) in [5.41, 5.74) is 7.93. The molecule has 0 saturated heterocycles. The number of anilines is 1. The van der Waals surface area contributed by atoms with Gasteiger partial charge in [0, 0.05) is 25.5 Å². The van der Waals surface area contributed by atoms with Crippen LogP contribution >= 0.6 is 0 Å². The molecule has 0 amide bonds. The molecule has 1 rings (SSSR count). The minimum atomic E-state index is -1.05. The van der Waals surface area contributed by atoms with Gasteiger partial charge in [-0.25, -0.2) is 0 Å². The maximum atomic E-state index is 6.08. The number of rotatable bonds is 15. The highest BCUT2D eigenvalue weighted by atomic mass is 16.9. The number of benzene rings is 1. The summed E-state index contributed by atoms with van der Waals surface area (Å²) in [7, 11) is 0. The maximum absolute atomic E-state index is 6.08. The molecule has 26 heavy (non-hydrogen) atoms. The summed E-state index contributed by atoms with van der Waals surface area (Å²) in [4.78, 5) is 0. The van der Waals surface area contributed by atoms with Crippen LogP contribution in [0.2, 0.25) is 0 Å². The standard InChI is InChI=1S/C22H39NO3/c1-5-9-10-11-12-13-17-21(19-15-14-16-20(23)18-19)22(24-6-2,25-7-3)26-8-4/h14-16,18,21H,5-13,17,23H2,1-4H3. The number of hydrogen-bond acceptors (Lipinski definition) is 4. The van der Waals surface area contributed by atoms with Gasteiger partial charge in [-0.2, -0.15) is 0 Å². The van der Waals surface area contributed by atoms with Crippen LogP contribution in [-0.2, 0) is 14.2 Å². The quantitative estimate of drug-likeness (QED) is 0.240. The molecule has 1 atom stereocenters. The van der Waals surface area contributed by atoms with Gasteiger partial charge in [-0.15, -0.1) is 0 Å². The molecule has 0 spiro atoms. The zero-order chi connectivity index (χ0) is 19.3. The first-order chi connectivity index (χ1) is 12.6. The summed E-state index contributed by atoms with van der Waals surface area (Å²) in [6.45, 7) is 9.80. The van der Waals surface area contributed by atoms with Gasteiger partial charge in [0.1, 0.15) is 0 Å². The SMILES string of the molecule is CCCCCCCCC(c1cccc(N)c1)C(OCC)(OCC)OCC. The second kappa shape index (κ2) is 13.1. The van der Waals surface area contributed by atoms with Gasteiger partial charge in [0.15, 0.2) is 0 Å². The van der Waals surface area contributed by atoms with Crippen LogP contribution in [0.4, 0.5) is 5.69 Å². The molecule has 0 saturated carbocycles. The van der Waals surface area contributed by atoms with E-state index in [2.05, 4.69) is 13.0 Å². The zero-order valence-corrected chi connectivity index (χ0v) is 17.3. The molecule has 0 aromatic heterocycles. The highest BCUT2D eigenvalue weighted by molar-refractivity contribution is 5.42. The Labute approximate surface area is 160 Å². The average Bonchev–Trinajstić information content (AvgIpc) is 2.61. The van der Waals surface area contributed by atoms with E-state index in [0.29, 0.717) is 19.8 Å². The highest BCUT2D eigenvalue weighted by Crippen LogP contribution is 2.39. The molecule has 0 aliphatic heterocycles. The van der Waals surface area contributed by atoms with E-state index in [0.717, 1.165) is 24.1 Å². The van der Waals surface area contributed by atoms with Crippen molar-refractivity contribution in [2.75, 3.05) is 25.6 Å². The molecule has 4 heteroatoms. The molecular formula is C22H39NO3. The molecule has 0 aliphatic carbocycles. The fraction of sp³-hybridized carbons (Fsp3) is 0.727. The Bertz CT molecular complexity index is 461. The van der Waals surface area contributed by atoms with Crippen molar-refractivity contribution in [1.29, 1.82) is 0 Å². The van der Waals surface area contributed by atoms with Crippen LogP contribution in [0.3, 0.4) is 0 Å². The molecule has 1 aromatic rings. The summed E-state index contributed by atoms with van der Waals surface area (Å²) in [6.07, 6.45) is 8.48. The number of ether oxygens (including phenoxy) is 3. The first-order valence-electron chi connectivity index (χ1n) is 10.4. The molecule has 150 valence electrons. The van der Waals surface area contributed by atoms with Crippen molar-refractivity contribution in [2.24, 2.45) is 0 Å². The van der Waals surface area contributed by atoms with E-state index in [1.54, 1.807) is 0 Å². The minimum absolute atomic E-state index is 0.00275. The summed E-state index contributed by atoms with van der Waals surface area (Å²) in [6, 6.07) is 8.03. The van der Waals surface area contributed by atoms with Crippen LogP contribution in [0.5, 0.6) is 0 Å². The van der Waals surface area contributed by atoms with Crippen LogP contribution in [-0.4, -0.2) is 25.8 Å². The normalized spacial score (nSPS) is 13.1. The molecule has 2 N–H and O–H groups in total. The smallest absolute Gasteiger partial charge is 0.290 e. The highest BCUT2D eigenvalue weighted by Gasteiger charge is 2.42. The first-order valence-corrected chi connectivity index (χ1v) is 10.4. The van der Waals surface area contributed by atoms with Crippen LogP contribution < -0.4 is 5.73 Å². The number of hydrogen-bond donors (Lipinski definition) is 1. The van der Waals surface area contributed by atoms with Gasteiger partial charge in [-0.05, 0) is 44.9 Å². The zero-order valence-electron chi connectivity index (χ0n) is 17.3. The van der Waals surface area contributed by atoms with Gasteiger partial charge in [0.2, 0.25) is 0 Å². The van der Waals surface area contributed by atoms with Crippen molar-refractivity contribution in [3.63, 3.8) is 0 Å². The van der Waals surface area contributed by atoms with E-state index in [-0.39, 0.29) is 5.92 Å². The van der Waals surface area contributed by atoms with E-state index < -0.39 is 5.97 Å². The van der Waals surface area contributed by atoms with Crippen LogP contribution in [0.15, 0.2) is 24.3 Å². The lowest BCUT2D eigenvalue weighted by Gasteiger charge is -2.39. The third kappa shape index (κ3) is 7.26. The monoisotopic (exact) mass is 365 g/mol. The van der Waals surface area contributed by atoms with Gasteiger partial charge >= 0.3 is 0 Å². The van der Waals surface area contributed by atoms with Crippen molar-refractivity contribution in [2.45, 2.75) is 84.5 Å². The van der Waals surface area contributed by atoms with E-state index >= 15 is 0 Å². The van der Waals surface area contributed by atoms with Crippen molar-refractivity contribution >= 4 is 5.69 Å². The third-order valence-corrected chi connectivity index (χ3v) is 4.62.